The maximum absolute atomic E-state index is 9.60. The molecule has 0 unspecified atom stereocenters. The smallest absolute Gasteiger partial charge is 0.160 e. The molecule has 266 valence electrons. The van der Waals surface area contributed by atoms with E-state index in [-0.39, 0.29) is 0 Å². The molecule has 2 aromatic heterocycles. The Kier molecular flexibility index (Phi) is 8.52. The third kappa shape index (κ3) is 6.44. The number of hydrogen-bond donors (Lipinski definition) is 0. The molecule has 0 atom stereocenters. The lowest BCUT2D eigenvalue weighted by atomic mass is 9.99. The zero-order chi connectivity index (χ0) is 38.1. The molecule has 8 aromatic carbocycles. The monoisotopic (exact) mass is 726 g/mol. The summed E-state index contributed by atoms with van der Waals surface area (Å²) in [6.45, 7) is 0. The minimum absolute atomic E-state index is 0.619. The van der Waals surface area contributed by atoms with Gasteiger partial charge in [0.05, 0.1) is 34.1 Å². The summed E-state index contributed by atoms with van der Waals surface area (Å²) in [7, 11) is 0. The molecule has 10 rings (SSSR count). The van der Waals surface area contributed by atoms with Crippen molar-refractivity contribution in [1.29, 1.82) is 5.26 Å². The third-order valence-corrected chi connectivity index (χ3v) is 10.6. The van der Waals surface area contributed by atoms with Crippen LogP contribution >= 0.6 is 0 Å². The van der Waals surface area contributed by atoms with Crippen molar-refractivity contribution < 1.29 is 0 Å². The second-order valence-corrected chi connectivity index (χ2v) is 14.2. The second-order valence-electron chi connectivity index (χ2n) is 14.2. The van der Waals surface area contributed by atoms with Gasteiger partial charge in [-0.2, -0.15) is 5.26 Å². The molecule has 0 fully saturated rings. The predicted octanol–water partition coefficient (Wildman–Crippen LogP) is 13.4. The minimum atomic E-state index is 0.619. The first-order valence-electron chi connectivity index (χ1n) is 19.0. The number of hydrogen-bond acceptors (Lipinski definition) is 3. The lowest BCUT2D eigenvalue weighted by Gasteiger charge is -2.15. The molecular formula is C53H34N4. The normalized spacial score (nSPS) is 11.1. The Labute approximate surface area is 331 Å². The van der Waals surface area contributed by atoms with Gasteiger partial charge in [-0.1, -0.05) is 158 Å². The highest BCUT2D eigenvalue weighted by molar-refractivity contribution is 6.10. The molecule has 0 aliphatic heterocycles. The Morgan fingerprint density at radius 2 is 0.825 bits per heavy atom. The first-order chi connectivity index (χ1) is 28.2. The average molecular weight is 727 g/mol. The van der Waals surface area contributed by atoms with Gasteiger partial charge in [0, 0.05) is 33.2 Å². The number of para-hydroxylation sites is 1. The molecule has 57 heavy (non-hydrogen) atoms. The highest BCUT2D eigenvalue weighted by Gasteiger charge is 2.18. The van der Waals surface area contributed by atoms with Crippen LogP contribution in [0, 0.1) is 11.3 Å². The highest BCUT2D eigenvalue weighted by Crippen LogP contribution is 2.38. The molecule has 4 nitrogen and oxygen atoms in total. The molecule has 4 heteroatoms. The Balaban J connectivity index is 1.19. The van der Waals surface area contributed by atoms with Crippen molar-refractivity contribution in [1.82, 2.24) is 14.5 Å². The van der Waals surface area contributed by atoms with Gasteiger partial charge in [0.2, 0.25) is 0 Å². The Hall–Kier alpha value is -7.87. The molecule has 2 heterocycles. The summed E-state index contributed by atoms with van der Waals surface area (Å²) in [5.74, 6) is 0.631. The fourth-order valence-electron chi connectivity index (χ4n) is 7.78. The number of aromatic nitrogens is 3. The SMILES string of the molecule is N#Cc1ccc(-c2cc(-c3nc(-c4ccccc4)cc(-c4ccccc4)n3)cc(-n3c4ccccc4c4ccc(-c5ccc(-c6ccccc6)cc5)cc43)c2)cc1. The molecule has 0 bridgehead atoms. The van der Waals surface area contributed by atoms with Crippen LogP contribution in [0.5, 0.6) is 0 Å². The van der Waals surface area contributed by atoms with E-state index < -0.39 is 0 Å². The van der Waals surface area contributed by atoms with Crippen LogP contribution in [0.4, 0.5) is 0 Å². The number of benzene rings is 8. The number of nitriles is 1. The zero-order valence-corrected chi connectivity index (χ0v) is 30.9. The lowest BCUT2D eigenvalue weighted by molar-refractivity contribution is 1.16. The van der Waals surface area contributed by atoms with Gasteiger partial charge in [0.1, 0.15) is 0 Å². The van der Waals surface area contributed by atoms with Gasteiger partial charge in [-0.25, -0.2) is 9.97 Å². The fourth-order valence-corrected chi connectivity index (χ4v) is 7.78. The number of fused-ring (bicyclic) bond motifs is 3. The van der Waals surface area contributed by atoms with E-state index in [1.807, 2.05) is 66.7 Å². The number of nitrogens with zero attached hydrogens (tertiary/aromatic N) is 4. The number of rotatable bonds is 7. The largest absolute Gasteiger partial charge is 0.309 e. The van der Waals surface area contributed by atoms with Crippen LogP contribution in [0.3, 0.4) is 0 Å². The van der Waals surface area contributed by atoms with Crippen molar-refractivity contribution in [2.75, 3.05) is 0 Å². The van der Waals surface area contributed by atoms with E-state index in [2.05, 4.69) is 150 Å². The highest BCUT2D eigenvalue weighted by atomic mass is 15.0. The summed E-state index contributed by atoms with van der Waals surface area (Å²) in [5, 5.41) is 12.0. The predicted molar refractivity (Wildman–Crippen MR) is 234 cm³/mol. The molecule has 0 aliphatic carbocycles. The van der Waals surface area contributed by atoms with E-state index in [1.54, 1.807) is 0 Å². The maximum Gasteiger partial charge on any atom is 0.160 e. The van der Waals surface area contributed by atoms with Crippen molar-refractivity contribution in [2.24, 2.45) is 0 Å². The molecule has 0 saturated heterocycles. The Bertz CT molecular complexity index is 3030. The van der Waals surface area contributed by atoms with Crippen LogP contribution in [0.15, 0.2) is 206 Å². The molecule has 0 spiro atoms. The van der Waals surface area contributed by atoms with Gasteiger partial charge in [0.25, 0.3) is 0 Å². The summed E-state index contributed by atoms with van der Waals surface area (Å²) in [6, 6.07) is 74.0. The van der Waals surface area contributed by atoms with Crippen molar-refractivity contribution in [3.63, 3.8) is 0 Å². The Morgan fingerprint density at radius 1 is 0.351 bits per heavy atom. The van der Waals surface area contributed by atoms with E-state index >= 15 is 0 Å². The summed E-state index contributed by atoms with van der Waals surface area (Å²) in [5.41, 5.74) is 15.1. The van der Waals surface area contributed by atoms with Gasteiger partial charge in [-0.15, -0.1) is 0 Å². The second kappa shape index (κ2) is 14.4. The van der Waals surface area contributed by atoms with Gasteiger partial charge < -0.3 is 4.57 Å². The third-order valence-electron chi connectivity index (χ3n) is 10.6. The topological polar surface area (TPSA) is 54.5 Å². The summed E-state index contributed by atoms with van der Waals surface area (Å²) in [6.07, 6.45) is 0. The Morgan fingerprint density at radius 3 is 1.46 bits per heavy atom. The van der Waals surface area contributed by atoms with E-state index in [0.717, 1.165) is 67.1 Å². The summed E-state index contributed by atoms with van der Waals surface area (Å²) >= 11 is 0. The standard InChI is InChI=1S/C53H34N4/c54-35-36-20-22-40(23-21-36)44-30-45(53-55-49(41-14-6-2-7-15-41)34-50(56-53)42-16-8-3-9-17-42)32-46(31-44)57-51-19-11-10-18-47(51)48-29-28-43(33-52(48)57)39-26-24-38(25-27-39)37-12-4-1-5-13-37/h1-34H. The van der Waals surface area contributed by atoms with Crippen LogP contribution in [0.25, 0.3) is 94.8 Å². The molecule has 0 saturated carbocycles. The summed E-state index contributed by atoms with van der Waals surface area (Å²) in [4.78, 5) is 10.5. The van der Waals surface area contributed by atoms with E-state index in [4.69, 9.17) is 9.97 Å². The van der Waals surface area contributed by atoms with Gasteiger partial charge in [-0.05, 0) is 81.9 Å². The minimum Gasteiger partial charge on any atom is -0.309 e. The lowest BCUT2D eigenvalue weighted by Crippen LogP contribution is -1.99. The van der Waals surface area contributed by atoms with Gasteiger partial charge in [0.15, 0.2) is 5.82 Å². The van der Waals surface area contributed by atoms with Gasteiger partial charge >= 0.3 is 0 Å². The van der Waals surface area contributed by atoms with Crippen LogP contribution in [0.1, 0.15) is 5.56 Å². The molecule has 0 N–H and O–H groups in total. The zero-order valence-electron chi connectivity index (χ0n) is 30.9. The average Bonchev–Trinajstić information content (AvgIpc) is 3.63. The summed E-state index contributed by atoms with van der Waals surface area (Å²) < 4.78 is 2.36. The molecule has 0 amide bonds. The van der Waals surface area contributed by atoms with Crippen molar-refractivity contribution in [3.05, 3.63) is 212 Å². The van der Waals surface area contributed by atoms with Crippen LogP contribution < -0.4 is 0 Å². The van der Waals surface area contributed by atoms with Crippen LogP contribution in [-0.2, 0) is 0 Å². The van der Waals surface area contributed by atoms with Crippen molar-refractivity contribution in [3.8, 4) is 79.0 Å². The first kappa shape index (κ1) is 33.7. The maximum atomic E-state index is 9.60. The first-order valence-corrected chi connectivity index (χ1v) is 19.0. The van der Waals surface area contributed by atoms with E-state index in [1.165, 1.54) is 21.9 Å². The molecule has 10 aromatic rings. The van der Waals surface area contributed by atoms with Crippen LogP contribution in [0.2, 0.25) is 0 Å². The van der Waals surface area contributed by atoms with Crippen molar-refractivity contribution in [2.45, 2.75) is 0 Å². The van der Waals surface area contributed by atoms with Gasteiger partial charge in [-0.3, -0.25) is 0 Å². The molecule has 0 radical (unpaired) electrons. The quantitative estimate of drug-likeness (QED) is 0.164. The van der Waals surface area contributed by atoms with E-state index in [9.17, 15) is 5.26 Å². The molecular weight excluding hydrogens is 693 g/mol. The van der Waals surface area contributed by atoms with Crippen molar-refractivity contribution >= 4 is 21.8 Å². The molecule has 0 aliphatic rings. The van der Waals surface area contributed by atoms with Crippen LogP contribution in [-0.4, -0.2) is 14.5 Å². The fraction of sp³-hybridized carbons (Fsp3) is 0. The van der Waals surface area contributed by atoms with E-state index in [0.29, 0.717) is 11.4 Å².